The minimum absolute atomic E-state index is 0.229. The Bertz CT molecular complexity index is 743. The van der Waals surface area contributed by atoms with E-state index in [0.29, 0.717) is 6.54 Å². The molecule has 0 bridgehead atoms. The summed E-state index contributed by atoms with van der Waals surface area (Å²) in [5.41, 5.74) is 1.24. The number of nitrogens with one attached hydrogen (secondary N) is 2. The lowest BCUT2D eigenvalue weighted by Gasteiger charge is -2.35. The second-order valence-corrected chi connectivity index (χ2v) is 8.14. The van der Waals surface area contributed by atoms with E-state index in [9.17, 15) is 0 Å². The fraction of sp³-hybridized carbons (Fsp3) is 0.474. The lowest BCUT2D eigenvalue weighted by molar-refractivity contribution is 0.0170. The summed E-state index contributed by atoms with van der Waals surface area (Å²) >= 11 is 7.76. The predicted molar refractivity (Wildman–Crippen MR) is 112 cm³/mol. The van der Waals surface area contributed by atoms with Crippen molar-refractivity contribution in [3.8, 4) is 0 Å². The summed E-state index contributed by atoms with van der Waals surface area (Å²) in [6.07, 6.45) is 1.90. The zero-order valence-corrected chi connectivity index (χ0v) is 17.3. The Morgan fingerprint density at radius 2 is 2.04 bits per heavy atom. The minimum atomic E-state index is 0.229. The largest absolute Gasteiger partial charge is 0.379 e. The second kappa shape index (κ2) is 10.0. The molecule has 1 fully saturated rings. The van der Waals surface area contributed by atoms with Crippen LogP contribution in [0.15, 0.2) is 35.5 Å². The number of aromatic nitrogens is 1. The number of nitrogens with zero attached hydrogens (tertiary/aromatic N) is 3. The van der Waals surface area contributed by atoms with Crippen molar-refractivity contribution in [1.82, 2.24) is 20.5 Å². The molecule has 0 radical (unpaired) electrons. The molecule has 1 saturated heterocycles. The number of benzene rings is 1. The zero-order chi connectivity index (χ0) is 19.1. The topological polar surface area (TPSA) is 61.8 Å². The van der Waals surface area contributed by atoms with Gasteiger partial charge in [-0.3, -0.25) is 9.89 Å². The molecule has 2 heterocycles. The smallest absolute Gasteiger partial charge is 0.191 e. The lowest BCUT2D eigenvalue weighted by Crippen LogP contribution is -2.46. The Balaban J connectivity index is 1.62. The molecule has 8 heteroatoms. The van der Waals surface area contributed by atoms with E-state index in [1.807, 2.05) is 18.3 Å². The van der Waals surface area contributed by atoms with Crippen LogP contribution in [0.25, 0.3) is 0 Å². The maximum atomic E-state index is 6.07. The normalized spacial score (nSPS) is 16.9. The molecule has 146 valence electrons. The molecular formula is C19H26ClN5OS. The van der Waals surface area contributed by atoms with E-state index in [1.54, 1.807) is 18.4 Å². The van der Waals surface area contributed by atoms with E-state index in [4.69, 9.17) is 16.3 Å². The molecule has 1 unspecified atom stereocenters. The molecule has 3 rings (SSSR count). The van der Waals surface area contributed by atoms with Crippen molar-refractivity contribution < 1.29 is 4.74 Å². The molecule has 6 nitrogen and oxygen atoms in total. The van der Waals surface area contributed by atoms with Gasteiger partial charge in [-0.25, -0.2) is 4.98 Å². The van der Waals surface area contributed by atoms with Crippen LogP contribution in [0.4, 0.5) is 0 Å². The molecule has 1 aliphatic heterocycles. The van der Waals surface area contributed by atoms with Crippen molar-refractivity contribution in [2.75, 3.05) is 39.9 Å². The fourth-order valence-corrected chi connectivity index (χ4v) is 3.94. The maximum Gasteiger partial charge on any atom is 0.191 e. The van der Waals surface area contributed by atoms with E-state index in [2.05, 4.69) is 44.6 Å². The number of aryl methyl sites for hydroxylation is 1. The lowest BCUT2D eigenvalue weighted by atomic mass is 10.0. The highest BCUT2D eigenvalue weighted by Gasteiger charge is 2.23. The molecule has 0 amide bonds. The van der Waals surface area contributed by atoms with Gasteiger partial charge in [-0.1, -0.05) is 23.7 Å². The van der Waals surface area contributed by atoms with Gasteiger partial charge in [0, 0.05) is 42.8 Å². The van der Waals surface area contributed by atoms with Crippen LogP contribution in [0, 0.1) is 6.92 Å². The Hall–Kier alpha value is -1.67. The minimum Gasteiger partial charge on any atom is -0.379 e. The van der Waals surface area contributed by atoms with E-state index >= 15 is 0 Å². The summed E-state index contributed by atoms with van der Waals surface area (Å²) in [4.78, 5) is 12.4. The van der Waals surface area contributed by atoms with E-state index in [1.165, 1.54) is 10.4 Å². The van der Waals surface area contributed by atoms with Gasteiger partial charge in [0.05, 0.1) is 25.8 Å². The van der Waals surface area contributed by atoms with Gasteiger partial charge in [-0.2, -0.15) is 0 Å². The summed E-state index contributed by atoms with van der Waals surface area (Å²) in [7, 11) is 1.79. The van der Waals surface area contributed by atoms with E-state index < -0.39 is 0 Å². The van der Waals surface area contributed by atoms with Crippen molar-refractivity contribution in [3.63, 3.8) is 0 Å². The van der Waals surface area contributed by atoms with Crippen LogP contribution in [0.5, 0.6) is 0 Å². The standard InChI is InChI=1S/C19H26ClN5OS/c1-14-11-22-18(27-14)13-24-19(21-2)23-12-17(25-7-9-26-10-8-25)15-3-5-16(20)6-4-15/h3-6,11,17H,7-10,12-13H2,1-2H3,(H2,21,23,24). The second-order valence-electron chi connectivity index (χ2n) is 6.39. The molecule has 0 spiro atoms. The number of ether oxygens (including phenoxy) is 1. The van der Waals surface area contributed by atoms with Crippen LogP contribution in [0.3, 0.4) is 0 Å². The highest BCUT2D eigenvalue weighted by atomic mass is 35.5. The third kappa shape index (κ3) is 5.90. The maximum absolute atomic E-state index is 6.07. The summed E-state index contributed by atoms with van der Waals surface area (Å²) in [6.45, 7) is 6.84. The van der Waals surface area contributed by atoms with Crippen molar-refractivity contribution in [3.05, 3.63) is 50.9 Å². The van der Waals surface area contributed by atoms with Crippen LogP contribution < -0.4 is 10.6 Å². The molecule has 2 aromatic rings. The van der Waals surface area contributed by atoms with Crippen LogP contribution in [0.1, 0.15) is 21.5 Å². The number of thiazole rings is 1. The number of guanidine groups is 1. The first-order valence-electron chi connectivity index (χ1n) is 9.09. The molecule has 2 N–H and O–H groups in total. The SMILES string of the molecule is CN=C(NCc1ncc(C)s1)NCC(c1ccc(Cl)cc1)N1CCOCC1. The molecule has 1 aromatic heterocycles. The van der Waals surface area contributed by atoms with Crippen LogP contribution in [-0.4, -0.2) is 55.7 Å². The Labute approximate surface area is 169 Å². The number of morpholine rings is 1. The molecular weight excluding hydrogens is 382 g/mol. The van der Waals surface area contributed by atoms with Crippen LogP contribution in [-0.2, 0) is 11.3 Å². The van der Waals surface area contributed by atoms with Gasteiger partial charge in [0.15, 0.2) is 5.96 Å². The summed E-state index contributed by atoms with van der Waals surface area (Å²) in [5, 5.41) is 8.60. The van der Waals surface area contributed by atoms with Gasteiger partial charge >= 0.3 is 0 Å². The highest BCUT2D eigenvalue weighted by molar-refractivity contribution is 7.11. The van der Waals surface area contributed by atoms with Crippen LogP contribution in [0.2, 0.25) is 5.02 Å². The van der Waals surface area contributed by atoms with Crippen molar-refractivity contribution in [2.24, 2.45) is 4.99 Å². The average Bonchev–Trinajstić information content (AvgIpc) is 3.11. The fourth-order valence-electron chi connectivity index (χ4n) is 3.09. The average molecular weight is 408 g/mol. The summed E-state index contributed by atoms with van der Waals surface area (Å²) in [6, 6.07) is 8.31. The Kier molecular flexibility index (Phi) is 7.46. The quantitative estimate of drug-likeness (QED) is 0.569. The van der Waals surface area contributed by atoms with Gasteiger partial charge < -0.3 is 15.4 Å². The number of rotatable bonds is 6. The zero-order valence-electron chi connectivity index (χ0n) is 15.7. The predicted octanol–water partition coefficient (Wildman–Crippen LogP) is 2.84. The molecule has 1 aliphatic rings. The summed E-state index contributed by atoms with van der Waals surface area (Å²) < 4.78 is 5.52. The number of hydrogen-bond donors (Lipinski definition) is 2. The monoisotopic (exact) mass is 407 g/mol. The number of halogens is 1. The molecule has 0 saturated carbocycles. The van der Waals surface area contributed by atoms with E-state index in [-0.39, 0.29) is 6.04 Å². The number of aliphatic imine (C=N–C) groups is 1. The third-order valence-electron chi connectivity index (χ3n) is 4.50. The number of hydrogen-bond acceptors (Lipinski definition) is 5. The first kappa shape index (κ1) is 20.1. The molecule has 0 aliphatic carbocycles. The highest BCUT2D eigenvalue weighted by Crippen LogP contribution is 2.23. The molecule has 1 aromatic carbocycles. The molecule has 1 atom stereocenters. The third-order valence-corrected chi connectivity index (χ3v) is 5.67. The van der Waals surface area contributed by atoms with Crippen molar-refractivity contribution in [1.29, 1.82) is 0 Å². The van der Waals surface area contributed by atoms with Gasteiger partial charge in [0.1, 0.15) is 5.01 Å². The van der Waals surface area contributed by atoms with Crippen molar-refractivity contribution >= 4 is 28.9 Å². The Morgan fingerprint density at radius 3 is 2.67 bits per heavy atom. The van der Waals surface area contributed by atoms with Gasteiger partial charge in [-0.15, -0.1) is 11.3 Å². The van der Waals surface area contributed by atoms with Gasteiger partial charge in [0.25, 0.3) is 0 Å². The van der Waals surface area contributed by atoms with Crippen LogP contribution >= 0.6 is 22.9 Å². The first-order chi connectivity index (χ1) is 13.2. The first-order valence-corrected chi connectivity index (χ1v) is 10.3. The summed E-state index contributed by atoms with van der Waals surface area (Å²) in [5.74, 6) is 0.773. The van der Waals surface area contributed by atoms with Gasteiger partial charge in [-0.05, 0) is 24.6 Å². The van der Waals surface area contributed by atoms with Gasteiger partial charge in [0.2, 0.25) is 0 Å². The van der Waals surface area contributed by atoms with E-state index in [0.717, 1.165) is 48.8 Å². The molecule has 27 heavy (non-hydrogen) atoms. The van der Waals surface area contributed by atoms with Crippen molar-refractivity contribution in [2.45, 2.75) is 19.5 Å². The Morgan fingerprint density at radius 1 is 1.30 bits per heavy atom.